The number of rotatable bonds is 3. The van der Waals surface area contributed by atoms with Crippen molar-refractivity contribution in [3.05, 3.63) is 23.2 Å². The van der Waals surface area contributed by atoms with Gasteiger partial charge in [0.2, 0.25) is 0 Å². The van der Waals surface area contributed by atoms with E-state index in [1.165, 1.54) is 4.88 Å². The SMILES string of the molecule is C=CCSc1nc(C)c(C)s1. The van der Waals surface area contributed by atoms with Crippen molar-refractivity contribution in [1.29, 1.82) is 0 Å². The molecule has 0 radical (unpaired) electrons. The number of thiazole rings is 1. The highest BCUT2D eigenvalue weighted by atomic mass is 32.2. The fraction of sp³-hybridized carbons (Fsp3) is 0.375. The molecule has 1 heterocycles. The zero-order valence-corrected chi connectivity index (χ0v) is 8.39. The van der Waals surface area contributed by atoms with Crippen LogP contribution in [0.3, 0.4) is 0 Å². The molecule has 0 saturated heterocycles. The summed E-state index contributed by atoms with van der Waals surface area (Å²) < 4.78 is 1.15. The summed E-state index contributed by atoms with van der Waals surface area (Å²) in [6.07, 6.45) is 1.90. The predicted octanol–water partition coefficient (Wildman–Crippen LogP) is 3.04. The Morgan fingerprint density at radius 3 is 2.82 bits per heavy atom. The van der Waals surface area contributed by atoms with Crippen LogP contribution < -0.4 is 0 Å². The van der Waals surface area contributed by atoms with Crippen molar-refractivity contribution < 1.29 is 0 Å². The summed E-state index contributed by atoms with van der Waals surface area (Å²) in [5, 5.41) is 0. The van der Waals surface area contributed by atoms with Crippen molar-refractivity contribution in [2.45, 2.75) is 18.2 Å². The maximum Gasteiger partial charge on any atom is 0.150 e. The Morgan fingerprint density at radius 1 is 1.64 bits per heavy atom. The third kappa shape index (κ3) is 2.34. The summed E-state index contributed by atoms with van der Waals surface area (Å²) in [7, 11) is 0. The molecule has 0 spiro atoms. The topological polar surface area (TPSA) is 12.9 Å². The highest BCUT2D eigenvalue weighted by Crippen LogP contribution is 2.25. The van der Waals surface area contributed by atoms with E-state index in [0.717, 1.165) is 15.8 Å². The van der Waals surface area contributed by atoms with Gasteiger partial charge in [0.25, 0.3) is 0 Å². The van der Waals surface area contributed by atoms with Gasteiger partial charge in [0.15, 0.2) is 4.34 Å². The normalized spacial score (nSPS) is 10.0. The lowest BCUT2D eigenvalue weighted by molar-refractivity contribution is 1.14. The van der Waals surface area contributed by atoms with Crippen LogP contribution in [0.1, 0.15) is 10.6 Å². The molecule has 0 fully saturated rings. The number of aromatic nitrogens is 1. The van der Waals surface area contributed by atoms with Gasteiger partial charge < -0.3 is 0 Å². The van der Waals surface area contributed by atoms with Gasteiger partial charge in [-0.3, -0.25) is 0 Å². The van der Waals surface area contributed by atoms with Crippen molar-refractivity contribution in [1.82, 2.24) is 4.98 Å². The molecule has 0 aliphatic heterocycles. The summed E-state index contributed by atoms with van der Waals surface area (Å²) in [6, 6.07) is 0. The third-order valence-electron chi connectivity index (χ3n) is 1.33. The molecule has 0 amide bonds. The number of hydrogen-bond donors (Lipinski definition) is 0. The number of hydrogen-bond acceptors (Lipinski definition) is 3. The largest absolute Gasteiger partial charge is 0.235 e. The van der Waals surface area contributed by atoms with Gasteiger partial charge in [-0.2, -0.15) is 0 Å². The number of thioether (sulfide) groups is 1. The molecule has 1 rings (SSSR count). The molecule has 0 N–H and O–H groups in total. The second-order valence-electron chi connectivity index (χ2n) is 2.22. The molecular formula is C8H11NS2. The van der Waals surface area contributed by atoms with Gasteiger partial charge in [-0.05, 0) is 13.8 Å². The van der Waals surface area contributed by atoms with Gasteiger partial charge in [0.1, 0.15) is 0 Å². The van der Waals surface area contributed by atoms with E-state index in [0.29, 0.717) is 0 Å². The highest BCUT2D eigenvalue weighted by molar-refractivity contribution is 8.01. The molecule has 11 heavy (non-hydrogen) atoms. The molecular weight excluding hydrogens is 174 g/mol. The number of aryl methyl sites for hydroxylation is 2. The van der Waals surface area contributed by atoms with E-state index in [9.17, 15) is 0 Å². The standard InChI is InChI=1S/C8H11NS2/c1-4-5-10-8-9-6(2)7(3)11-8/h4H,1,5H2,2-3H3. The Morgan fingerprint density at radius 2 is 2.36 bits per heavy atom. The van der Waals surface area contributed by atoms with Gasteiger partial charge in [0.05, 0.1) is 5.69 Å². The fourth-order valence-electron chi connectivity index (χ4n) is 0.635. The minimum Gasteiger partial charge on any atom is -0.235 e. The van der Waals surface area contributed by atoms with Gasteiger partial charge in [-0.15, -0.1) is 17.9 Å². The molecule has 0 aromatic carbocycles. The van der Waals surface area contributed by atoms with Gasteiger partial charge in [-0.1, -0.05) is 17.8 Å². The summed E-state index contributed by atoms with van der Waals surface area (Å²) >= 11 is 3.50. The Labute approximate surface area is 75.5 Å². The first-order chi connectivity index (χ1) is 5.24. The molecule has 1 aromatic rings. The predicted molar refractivity (Wildman–Crippen MR) is 52.5 cm³/mol. The van der Waals surface area contributed by atoms with E-state index in [1.807, 2.05) is 13.0 Å². The first-order valence-corrected chi connectivity index (χ1v) is 5.22. The van der Waals surface area contributed by atoms with Crippen LogP contribution in [0.25, 0.3) is 0 Å². The molecule has 1 nitrogen and oxygen atoms in total. The Bertz CT molecular complexity index is 233. The smallest absolute Gasteiger partial charge is 0.150 e. The minimum absolute atomic E-state index is 0.951. The van der Waals surface area contributed by atoms with E-state index in [1.54, 1.807) is 23.1 Å². The van der Waals surface area contributed by atoms with Crippen LogP contribution in [-0.4, -0.2) is 10.7 Å². The van der Waals surface area contributed by atoms with E-state index in [2.05, 4.69) is 18.5 Å². The molecule has 0 bridgehead atoms. The van der Waals surface area contributed by atoms with Gasteiger partial charge in [0, 0.05) is 10.6 Å². The maximum absolute atomic E-state index is 4.38. The summed E-state index contributed by atoms with van der Waals surface area (Å²) in [5.74, 6) is 0.951. The Hall–Kier alpha value is -0.280. The fourth-order valence-corrected chi connectivity index (χ4v) is 2.55. The monoisotopic (exact) mass is 185 g/mol. The van der Waals surface area contributed by atoms with E-state index >= 15 is 0 Å². The van der Waals surface area contributed by atoms with Crippen molar-refractivity contribution in [2.24, 2.45) is 0 Å². The molecule has 0 aliphatic rings. The summed E-state index contributed by atoms with van der Waals surface area (Å²) in [4.78, 5) is 5.70. The summed E-state index contributed by atoms with van der Waals surface area (Å²) in [5.41, 5.74) is 1.15. The Balaban J connectivity index is 2.64. The van der Waals surface area contributed by atoms with Gasteiger partial charge in [-0.25, -0.2) is 4.98 Å². The van der Waals surface area contributed by atoms with Crippen LogP contribution in [0, 0.1) is 13.8 Å². The van der Waals surface area contributed by atoms with E-state index in [-0.39, 0.29) is 0 Å². The highest BCUT2D eigenvalue weighted by Gasteiger charge is 2.01. The average molecular weight is 185 g/mol. The van der Waals surface area contributed by atoms with Gasteiger partial charge >= 0.3 is 0 Å². The van der Waals surface area contributed by atoms with Crippen LogP contribution in [0.5, 0.6) is 0 Å². The van der Waals surface area contributed by atoms with E-state index in [4.69, 9.17) is 0 Å². The zero-order chi connectivity index (χ0) is 8.27. The first kappa shape index (κ1) is 8.81. The second kappa shape index (κ2) is 3.93. The molecule has 1 aromatic heterocycles. The maximum atomic E-state index is 4.38. The van der Waals surface area contributed by atoms with E-state index < -0.39 is 0 Å². The molecule has 0 aliphatic carbocycles. The first-order valence-electron chi connectivity index (χ1n) is 3.41. The van der Waals surface area contributed by atoms with Crippen LogP contribution in [-0.2, 0) is 0 Å². The van der Waals surface area contributed by atoms with Crippen molar-refractivity contribution >= 4 is 23.1 Å². The van der Waals surface area contributed by atoms with Crippen LogP contribution in [0.15, 0.2) is 17.0 Å². The lowest BCUT2D eigenvalue weighted by atomic mass is 10.4. The third-order valence-corrected chi connectivity index (χ3v) is 3.55. The van der Waals surface area contributed by atoms with Crippen LogP contribution in [0.4, 0.5) is 0 Å². The van der Waals surface area contributed by atoms with Crippen molar-refractivity contribution in [3.8, 4) is 0 Å². The second-order valence-corrected chi connectivity index (χ2v) is 4.69. The quantitative estimate of drug-likeness (QED) is 0.530. The minimum atomic E-state index is 0.951. The molecule has 0 atom stereocenters. The summed E-state index contributed by atoms with van der Waals surface area (Å²) in [6.45, 7) is 7.81. The lowest BCUT2D eigenvalue weighted by Crippen LogP contribution is -1.73. The average Bonchev–Trinajstić information content (AvgIpc) is 2.28. The van der Waals surface area contributed by atoms with Crippen molar-refractivity contribution in [2.75, 3.05) is 5.75 Å². The zero-order valence-electron chi connectivity index (χ0n) is 6.76. The van der Waals surface area contributed by atoms with Crippen molar-refractivity contribution in [3.63, 3.8) is 0 Å². The molecule has 60 valence electrons. The molecule has 0 unspecified atom stereocenters. The molecule has 3 heteroatoms. The number of nitrogens with zero attached hydrogens (tertiary/aromatic N) is 1. The Kier molecular flexibility index (Phi) is 3.15. The molecule has 0 saturated carbocycles. The lowest BCUT2D eigenvalue weighted by Gasteiger charge is -1.86. The van der Waals surface area contributed by atoms with Crippen LogP contribution in [0.2, 0.25) is 0 Å². The van der Waals surface area contributed by atoms with Crippen LogP contribution >= 0.6 is 23.1 Å².